The Morgan fingerprint density at radius 1 is 1.23 bits per heavy atom. The van der Waals surface area contributed by atoms with E-state index in [0.717, 1.165) is 13.0 Å². The Morgan fingerprint density at radius 3 is 2.27 bits per heavy atom. The number of aliphatic hydroxyl groups is 1. The fraction of sp³-hybridized carbons (Fsp3) is 0.889. The van der Waals surface area contributed by atoms with E-state index in [9.17, 15) is 23.5 Å². The first-order valence-electron chi connectivity index (χ1n) is 9.30. The second-order valence-electron chi connectivity index (χ2n) is 8.28. The van der Waals surface area contributed by atoms with E-state index in [2.05, 4.69) is 0 Å². The normalized spacial score (nSPS) is 24.5. The Labute approximate surface area is 154 Å². The third-order valence-electron chi connectivity index (χ3n) is 5.66. The minimum atomic E-state index is -2.72. The molecule has 1 heterocycles. The van der Waals surface area contributed by atoms with Crippen LogP contribution in [0.5, 0.6) is 0 Å². The van der Waals surface area contributed by atoms with Gasteiger partial charge in [0.1, 0.15) is 0 Å². The van der Waals surface area contributed by atoms with Gasteiger partial charge in [-0.15, -0.1) is 0 Å². The maximum Gasteiger partial charge on any atom is 0.258 e. The fourth-order valence-electron chi connectivity index (χ4n) is 3.74. The predicted octanol–water partition coefficient (Wildman–Crippen LogP) is 1.88. The van der Waals surface area contributed by atoms with Crippen LogP contribution in [0.2, 0.25) is 0 Å². The Bertz CT molecular complexity index is 532. The van der Waals surface area contributed by atoms with Crippen LogP contribution in [0.4, 0.5) is 8.78 Å². The summed E-state index contributed by atoms with van der Waals surface area (Å²) in [5.74, 6) is -3.33. The fourth-order valence-corrected chi connectivity index (χ4v) is 3.74. The third kappa shape index (κ3) is 4.34. The Balaban J connectivity index is 2.25. The van der Waals surface area contributed by atoms with Crippen LogP contribution in [0.25, 0.3) is 0 Å². The van der Waals surface area contributed by atoms with Gasteiger partial charge in [0.2, 0.25) is 11.8 Å². The average molecular weight is 375 g/mol. The Hall–Kier alpha value is -1.28. The smallest absolute Gasteiger partial charge is 0.258 e. The van der Waals surface area contributed by atoms with Crippen LogP contribution in [0.3, 0.4) is 0 Å². The molecule has 0 aromatic heterocycles. The molecule has 0 aromatic carbocycles. The monoisotopic (exact) mass is 375 g/mol. The molecule has 150 valence electrons. The molecule has 0 unspecified atom stereocenters. The number of rotatable bonds is 4. The van der Waals surface area contributed by atoms with E-state index >= 15 is 0 Å². The first-order valence-corrected chi connectivity index (χ1v) is 9.30. The number of hydrazine groups is 1. The molecule has 1 saturated carbocycles. The van der Waals surface area contributed by atoms with E-state index in [0.29, 0.717) is 6.42 Å². The van der Waals surface area contributed by atoms with Crippen LogP contribution < -0.4 is 0 Å². The van der Waals surface area contributed by atoms with Crippen molar-refractivity contribution in [3.8, 4) is 0 Å². The molecule has 26 heavy (non-hydrogen) atoms. The van der Waals surface area contributed by atoms with Crippen molar-refractivity contribution < 1.29 is 23.5 Å². The summed E-state index contributed by atoms with van der Waals surface area (Å²) < 4.78 is 27.1. The van der Waals surface area contributed by atoms with Gasteiger partial charge in [0.05, 0.1) is 24.1 Å². The molecule has 1 N–H and O–H groups in total. The summed E-state index contributed by atoms with van der Waals surface area (Å²) in [5, 5.41) is 12.2. The average Bonchev–Trinajstić information content (AvgIpc) is 3.01. The van der Waals surface area contributed by atoms with Gasteiger partial charge in [-0.3, -0.25) is 19.5 Å². The molecule has 0 bridgehead atoms. The number of hydrogen-bond acceptors (Lipinski definition) is 4. The highest BCUT2D eigenvalue weighted by Crippen LogP contribution is 2.37. The highest BCUT2D eigenvalue weighted by Gasteiger charge is 2.45. The number of likely N-dealkylation sites (N-methyl/N-ethyl adjacent to an activating group) is 2. The molecular formula is C18H31F2N3O3. The lowest BCUT2D eigenvalue weighted by Crippen LogP contribution is -2.60. The molecule has 0 spiro atoms. The number of likely N-dealkylation sites (tertiary alicyclic amines) is 1. The number of carbonyl (C=O) groups excluding carboxylic acids is 2. The number of carbonyl (C=O) groups is 2. The van der Waals surface area contributed by atoms with E-state index < -0.39 is 23.3 Å². The minimum absolute atomic E-state index is 0.137. The molecule has 2 rings (SSSR count). The van der Waals surface area contributed by atoms with E-state index in [4.69, 9.17) is 0 Å². The number of hydrogen-bond donors (Lipinski definition) is 1. The largest absolute Gasteiger partial charge is 0.395 e. The van der Waals surface area contributed by atoms with Gasteiger partial charge in [0.15, 0.2) is 0 Å². The lowest BCUT2D eigenvalue weighted by atomic mass is 9.88. The van der Waals surface area contributed by atoms with Crippen molar-refractivity contribution in [3.63, 3.8) is 0 Å². The summed E-state index contributed by atoms with van der Waals surface area (Å²) in [6.45, 7) is 3.63. The van der Waals surface area contributed by atoms with Gasteiger partial charge in [0.25, 0.3) is 5.91 Å². The van der Waals surface area contributed by atoms with Crippen LogP contribution in [-0.2, 0) is 9.59 Å². The van der Waals surface area contributed by atoms with E-state index in [1.807, 2.05) is 11.9 Å². The molecule has 0 aromatic rings. The van der Waals surface area contributed by atoms with Crippen LogP contribution in [0, 0.1) is 5.41 Å². The maximum absolute atomic E-state index is 13.6. The van der Waals surface area contributed by atoms with Crippen molar-refractivity contribution in [2.24, 2.45) is 5.41 Å². The van der Waals surface area contributed by atoms with Gasteiger partial charge in [-0.2, -0.15) is 0 Å². The van der Waals surface area contributed by atoms with Gasteiger partial charge in [-0.25, -0.2) is 13.8 Å². The topological polar surface area (TPSA) is 64.1 Å². The number of amides is 2. The summed E-state index contributed by atoms with van der Waals surface area (Å²) in [6, 6.07) is -0.772. The van der Waals surface area contributed by atoms with Crippen LogP contribution in [0.15, 0.2) is 0 Å². The number of aliphatic hydroxyl groups excluding tert-OH is 1. The molecule has 1 aliphatic heterocycles. The standard InChI is InChI=1S/C18H31F2N3O3/c1-17(2,12-24)16(26)23(13-7-9-18(19,20)10-8-13)22(4)15(25)14-6-5-11-21(14)3/h13-14,24H,5-12H2,1-4H3/t14-/m0/s1. The van der Waals surface area contributed by atoms with Gasteiger partial charge >= 0.3 is 0 Å². The van der Waals surface area contributed by atoms with Crippen LogP contribution in [-0.4, -0.2) is 77.1 Å². The molecule has 1 atom stereocenters. The molecule has 2 amide bonds. The Kier molecular flexibility index (Phi) is 6.28. The van der Waals surface area contributed by atoms with Crippen molar-refractivity contribution in [1.29, 1.82) is 0 Å². The molecule has 1 aliphatic carbocycles. The van der Waals surface area contributed by atoms with Gasteiger partial charge in [-0.05, 0) is 53.1 Å². The summed E-state index contributed by atoms with van der Waals surface area (Å²) in [6.07, 6.45) is 1.30. The molecule has 0 radical (unpaired) electrons. The highest BCUT2D eigenvalue weighted by molar-refractivity contribution is 5.88. The molecule has 6 nitrogen and oxygen atoms in total. The van der Waals surface area contributed by atoms with Gasteiger partial charge in [0, 0.05) is 19.9 Å². The molecular weight excluding hydrogens is 344 g/mol. The van der Waals surface area contributed by atoms with Crippen molar-refractivity contribution in [1.82, 2.24) is 14.9 Å². The molecule has 8 heteroatoms. The van der Waals surface area contributed by atoms with Gasteiger partial charge in [-0.1, -0.05) is 0 Å². The lowest BCUT2D eigenvalue weighted by molar-refractivity contribution is -0.180. The van der Waals surface area contributed by atoms with Crippen LogP contribution in [0.1, 0.15) is 52.4 Å². The van der Waals surface area contributed by atoms with Crippen LogP contribution >= 0.6 is 0 Å². The second-order valence-corrected chi connectivity index (χ2v) is 8.28. The Morgan fingerprint density at radius 2 is 1.81 bits per heavy atom. The zero-order valence-corrected chi connectivity index (χ0v) is 16.2. The van der Waals surface area contributed by atoms with Gasteiger partial charge < -0.3 is 5.11 Å². The van der Waals surface area contributed by atoms with Crippen molar-refractivity contribution in [3.05, 3.63) is 0 Å². The molecule has 1 saturated heterocycles. The SMILES string of the molecule is CN1CCC[C@H]1C(=O)N(C)N(C(=O)C(C)(C)CO)C1CCC(F)(F)CC1. The lowest BCUT2D eigenvalue weighted by Gasteiger charge is -2.45. The number of nitrogens with zero attached hydrogens (tertiary/aromatic N) is 3. The third-order valence-corrected chi connectivity index (χ3v) is 5.66. The number of alkyl halides is 2. The maximum atomic E-state index is 13.6. The van der Waals surface area contributed by atoms with Crippen molar-refractivity contribution in [2.45, 2.75) is 70.4 Å². The highest BCUT2D eigenvalue weighted by atomic mass is 19.3. The molecule has 2 fully saturated rings. The first kappa shape index (κ1) is 21.0. The van der Waals surface area contributed by atoms with E-state index in [1.165, 1.54) is 17.1 Å². The first-order chi connectivity index (χ1) is 12.0. The summed E-state index contributed by atoms with van der Waals surface area (Å²) >= 11 is 0. The zero-order chi connectivity index (χ0) is 19.7. The second kappa shape index (κ2) is 7.76. The number of halogens is 2. The summed E-state index contributed by atoms with van der Waals surface area (Å²) in [5.41, 5.74) is -1.09. The zero-order valence-electron chi connectivity index (χ0n) is 16.2. The summed E-state index contributed by atoms with van der Waals surface area (Å²) in [7, 11) is 3.40. The minimum Gasteiger partial charge on any atom is -0.395 e. The van der Waals surface area contributed by atoms with Crippen molar-refractivity contribution in [2.75, 3.05) is 27.2 Å². The van der Waals surface area contributed by atoms with E-state index in [1.54, 1.807) is 13.8 Å². The quantitative estimate of drug-likeness (QED) is 0.762. The van der Waals surface area contributed by atoms with Crippen molar-refractivity contribution >= 4 is 11.8 Å². The summed E-state index contributed by atoms with van der Waals surface area (Å²) in [4.78, 5) is 28.0. The van der Waals surface area contributed by atoms with E-state index in [-0.39, 0.29) is 44.2 Å². The molecule has 2 aliphatic rings. The predicted molar refractivity (Wildman–Crippen MR) is 93.3 cm³/mol.